The third kappa shape index (κ3) is 4.50. The first-order valence-corrected chi connectivity index (χ1v) is 6.14. The highest BCUT2D eigenvalue weighted by Gasteiger charge is 2.16. The number of hydrogen-bond acceptors (Lipinski definition) is 1. The number of hydrogen-bond donors (Lipinski definition) is 1. The summed E-state index contributed by atoms with van der Waals surface area (Å²) in [6, 6.07) is 0. The summed E-state index contributed by atoms with van der Waals surface area (Å²) in [5.74, 6) is -0.384. The third-order valence-electron chi connectivity index (χ3n) is 3.26. The van der Waals surface area contributed by atoms with E-state index >= 15 is 0 Å². The average Bonchev–Trinajstić information content (AvgIpc) is 2.14. The minimum absolute atomic E-state index is 0.278. The van der Waals surface area contributed by atoms with Gasteiger partial charge in [-0.05, 0) is 38.0 Å². The maximum Gasteiger partial charge on any atom is 0.303 e. The van der Waals surface area contributed by atoms with Crippen LogP contribution in [0.4, 0.5) is 0 Å². The zero-order chi connectivity index (χ0) is 11.1. The van der Waals surface area contributed by atoms with Crippen LogP contribution in [0.3, 0.4) is 0 Å². The molecule has 0 aliphatic heterocycles. The number of carbonyl (C=O) groups is 1. The Labute approximate surface area is 92.4 Å². The molecule has 0 bridgehead atoms. The molecule has 86 valence electrons. The van der Waals surface area contributed by atoms with E-state index in [0.717, 1.165) is 19.3 Å². The predicted molar refractivity (Wildman–Crippen MR) is 61.8 cm³/mol. The van der Waals surface area contributed by atoms with E-state index in [1.165, 1.54) is 31.3 Å². The first-order chi connectivity index (χ1) is 7.24. The molecular formula is C13H22O2. The molecule has 0 saturated carbocycles. The summed E-state index contributed by atoms with van der Waals surface area (Å²) in [5, 5.41) is 8.84. The number of carboxylic acid groups (broad SMARTS) is 1. The molecule has 2 heteroatoms. The molecule has 15 heavy (non-hydrogen) atoms. The quantitative estimate of drug-likeness (QED) is 0.717. The van der Waals surface area contributed by atoms with Gasteiger partial charge in [-0.25, -0.2) is 0 Å². The van der Waals surface area contributed by atoms with Crippen LogP contribution in [0.5, 0.6) is 0 Å². The Balaban J connectivity index is 2.58. The van der Waals surface area contributed by atoms with Crippen molar-refractivity contribution in [3.63, 3.8) is 0 Å². The van der Waals surface area contributed by atoms with Crippen LogP contribution in [-0.4, -0.2) is 11.1 Å². The number of allylic oxidation sites excluding steroid dienone is 2. The van der Waals surface area contributed by atoms with Crippen molar-refractivity contribution in [2.75, 3.05) is 0 Å². The standard InChI is InChI=1S/C13H22O2/c1-2-11(10-13(14)15)12-8-6-4-3-5-7-9-12/h8,11H,2-7,9-10H2,1H3,(H,14,15). The fourth-order valence-electron chi connectivity index (χ4n) is 2.34. The lowest BCUT2D eigenvalue weighted by Crippen LogP contribution is -2.10. The van der Waals surface area contributed by atoms with Crippen molar-refractivity contribution in [1.29, 1.82) is 0 Å². The summed E-state index contributed by atoms with van der Waals surface area (Å²) < 4.78 is 0. The zero-order valence-corrected chi connectivity index (χ0v) is 9.67. The lowest BCUT2D eigenvalue weighted by Gasteiger charge is -2.19. The average molecular weight is 210 g/mol. The van der Waals surface area contributed by atoms with E-state index in [1.54, 1.807) is 0 Å². The Morgan fingerprint density at radius 1 is 1.40 bits per heavy atom. The molecule has 0 saturated heterocycles. The molecule has 0 spiro atoms. The molecule has 1 rings (SSSR count). The Kier molecular flexibility index (Phi) is 5.44. The molecule has 1 N–H and O–H groups in total. The molecule has 2 nitrogen and oxygen atoms in total. The van der Waals surface area contributed by atoms with Gasteiger partial charge in [0.25, 0.3) is 0 Å². The lowest BCUT2D eigenvalue weighted by atomic mass is 9.87. The summed E-state index contributed by atoms with van der Waals surface area (Å²) >= 11 is 0. The van der Waals surface area contributed by atoms with E-state index in [2.05, 4.69) is 13.0 Å². The second-order valence-corrected chi connectivity index (χ2v) is 4.43. The monoisotopic (exact) mass is 210 g/mol. The molecule has 1 aliphatic carbocycles. The number of rotatable bonds is 4. The van der Waals surface area contributed by atoms with Crippen molar-refractivity contribution >= 4 is 5.97 Å². The molecule has 0 radical (unpaired) electrons. The minimum atomic E-state index is -0.662. The van der Waals surface area contributed by atoms with Crippen LogP contribution in [0, 0.1) is 5.92 Å². The largest absolute Gasteiger partial charge is 0.481 e. The van der Waals surface area contributed by atoms with Crippen molar-refractivity contribution in [2.45, 2.75) is 58.3 Å². The van der Waals surface area contributed by atoms with Crippen LogP contribution >= 0.6 is 0 Å². The summed E-state index contributed by atoms with van der Waals surface area (Å²) in [4.78, 5) is 10.7. The Hall–Kier alpha value is -0.790. The SMILES string of the molecule is CCC(CC(=O)O)C1=CCCCCCC1. The van der Waals surface area contributed by atoms with Crippen LogP contribution in [0.25, 0.3) is 0 Å². The maximum absolute atomic E-state index is 10.7. The molecule has 0 heterocycles. The van der Waals surface area contributed by atoms with E-state index in [4.69, 9.17) is 5.11 Å². The summed E-state index contributed by atoms with van der Waals surface area (Å²) in [6.07, 6.45) is 11.0. The van der Waals surface area contributed by atoms with E-state index in [1.807, 2.05) is 0 Å². The summed E-state index contributed by atoms with van der Waals surface area (Å²) in [7, 11) is 0. The predicted octanol–water partition coefficient (Wildman–Crippen LogP) is 3.77. The van der Waals surface area contributed by atoms with Gasteiger partial charge >= 0.3 is 5.97 Å². The van der Waals surface area contributed by atoms with Crippen LogP contribution < -0.4 is 0 Å². The Morgan fingerprint density at radius 3 is 2.80 bits per heavy atom. The highest BCUT2D eigenvalue weighted by molar-refractivity contribution is 5.67. The molecule has 0 aromatic heterocycles. The highest BCUT2D eigenvalue weighted by atomic mass is 16.4. The van der Waals surface area contributed by atoms with E-state index < -0.39 is 5.97 Å². The summed E-state index contributed by atoms with van der Waals surface area (Å²) in [5.41, 5.74) is 1.40. The van der Waals surface area contributed by atoms with Gasteiger partial charge in [0, 0.05) is 0 Å². The van der Waals surface area contributed by atoms with Gasteiger partial charge < -0.3 is 5.11 Å². The van der Waals surface area contributed by atoms with Gasteiger partial charge in [-0.2, -0.15) is 0 Å². The van der Waals surface area contributed by atoms with Crippen LogP contribution in [0.15, 0.2) is 11.6 Å². The van der Waals surface area contributed by atoms with E-state index in [0.29, 0.717) is 6.42 Å². The second-order valence-electron chi connectivity index (χ2n) is 4.43. The van der Waals surface area contributed by atoms with Crippen molar-refractivity contribution in [1.82, 2.24) is 0 Å². The molecule has 0 aromatic carbocycles. The molecule has 0 amide bonds. The fraction of sp³-hybridized carbons (Fsp3) is 0.769. The lowest BCUT2D eigenvalue weighted by molar-refractivity contribution is -0.137. The van der Waals surface area contributed by atoms with E-state index in [-0.39, 0.29) is 5.92 Å². The number of aliphatic carboxylic acids is 1. The van der Waals surface area contributed by atoms with Crippen LogP contribution in [0.2, 0.25) is 0 Å². The Morgan fingerprint density at radius 2 is 2.13 bits per heavy atom. The first-order valence-electron chi connectivity index (χ1n) is 6.14. The highest BCUT2D eigenvalue weighted by Crippen LogP contribution is 2.27. The van der Waals surface area contributed by atoms with Crippen molar-refractivity contribution < 1.29 is 9.90 Å². The molecule has 1 aliphatic rings. The Bertz CT molecular complexity index is 231. The smallest absolute Gasteiger partial charge is 0.303 e. The summed E-state index contributed by atoms with van der Waals surface area (Å²) in [6.45, 7) is 2.09. The molecule has 1 atom stereocenters. The maximum atomic E-state index is 10.7. The van der Waals surface area contributed by atoms with Gasteiger partial charge in [0.05, 0.1) is 6.42 Å². The van der Waals surface area contributed by atoms with Gasteiger partial charge in [-0.1, -0.05) is 31.4 Å². The first kappa shape index (κ1) is 12.3. The topological polar surface area (TPSA) is 37.3 Å². The van der Waals surface area contributed by atoms with Crippen molar-refractivity contribution in [3.8, 4) is 0 Å². The third-order valence-corrected chi connectivity index (χ3v) is 3.26. The van der Waals surface area contributed by atoms with Crippen molar-refractivity contribution in [2.24, 2.45) is 5.92 Å². The van der Waals surface area contributed by atoms with Crippen molar-refractivity contribution in [3.05, 3.63) is 11.6 Å². The second kappa shape index (κ2) is 6.65. The number of carboxylic acids is 1. The minimum Gasteiger partial charge on any atom is -0.481 e. The molecule has 1 unspecified atom stereocenters. The van der Waals surface area contributed by atoms with Gasteiger partial charge in [0.1, 0.15) is 0 Å². The zero-order valence-electron chi connectivity index (χ0n) is 9.67. The molecule has 0 aromatic rings. The van der Waals surface area contributed by atoms with Gasteiger partial charge in [0.15, 0.2) is 0 Å². The fourth-order valence-corrected chi connectivity index (χ4v) is 2.34. The van der Waals surface area contributed by atoms with Gasteiger partial charge in [-0.3, -0.25) is 4.79 Å². The van der Waals surface area contributed by atoms with Crippen LogP contribution in [-0.2, 0) is 4.79 Å². The van der Waals surface area contributed by atoms with Gasteiger partial charge in [0.2, 0.25) is 0 Å². The normalized spacial score (nSPS) is 19.9. The molecular weight excluding hydrogens is 188 g/mol. The van der Waals surface area contributed by atoms with Crippen LogP contribution in [0.1, 0.15) is 58.3 Å². The molecule has 0 fully saturated rings. The van der Waals surface area contributed by atoms with Gasteiger partial charge in [-0.15, -0.1) is 0 Å². The van der Waals surface area contributed by atoms with E-state index in [9.17, 15) is 4.79 Å².